The zero-order valence-electron chi connectivity index (χ0n) is 15.7. The molecule has 3 aromatic carbocycles. The molecule has 3 aromatic rings. The highest BCUT2D eigenvalue weighted by Gasteiger charge is 2.31. The predicted octanol–water partition coefficient (Wildman–Crippen LogP) is 4.81. The quantitative estimate of drug-likeness (QED) is 0.696. The Labute approximate surface area is 166 Å². The number of rotatable bonds is 3. The van der Waals surface area contributed by atoms with Crippen LogP contribution in [0.2, 0.25) is 0 Å². The van der Waals surface area contributed by atoms with Crippen LogP contribution >= 0.6 is 0 Å². The Kier molecular flexibility index (Phi) is 4.84. The average molecular weight is 392 g/mol. The van der Waals surface area contributed by atoms with Crippen LogP contribution in [0.4, 0.5) is 20.2 Å². The number of hydrogen-bond donors (Lipinski definition) is 1. The number of carbonyl (C=O) groups excluding carboxylic acids is 2. The van der Waals surface area contributed by atoms with E-state index in [9.17, 15) is 18.4 Å². The SMILES string of the molecule is CC1Cc2ccccc2N1C(=O)c1ccc(C(=O)Nc2ccc(F)c(F)c2)cc1. The molecular formula is C23H18F2N2O2. The van der Waals surface area contributed by atoms with Crippen LogP contribution in [0.25, 0.3) is 0 Å². The molecule has 1 aliphatic rings. The number of anilines is 2. The lowest BCUT2D eigenvalue weighted by Crippen LogP contribution is -2.35. The lowest BCUT2D eigenvalue weighted by molar-refractivity contribution is 0.0978. The summed E-state index contributed by atoms with van der Waals surface area (Å²) in [6.07, 6.45) is 0.802. The molecule has 0 radical (unpaired) electrons. The molecule has 1 heterocycles. The summed E-state index contributed by atoms with van der Waals surface area (Å²) in [5.41, 5.74) is 2.97. The van der Waals surface area contributed by atoms with E-state index in [4.69, 9.17) is 0 Å². The van der Waals surface area contributed by atoms with E-state index in [-0.39, 0.29) is 17.6 Å². The third-order valence-electron chi connectivity index (χ3n) is 5.00. The second kappa shape index (κ2) is 7.47. The summed E-state index contributed by atoms with van der Waals surface area (Å²) in [6.45, 7) is 2.00. The maximum atomic E-state index is 13.3. The van der Waals surface area contributed by atoms with Crippen LogP contribution in [0.1, 0.15) is 33.2 Å². The molecule has 1 aliphatic heterocycles. The number of carbonyl (C=O) groups is 2. The van der Waals surface area contributed by atoms with Crippen LogP contribution in [0.3, 0.4) is 0 Å². The third-order valence-corrected chi connectivity index (χ3v) is 5.00. The van der Waals surface area contributed by atoms with Crippen molar-refractivity contribution in [1.82, 2.24) is 0 Å². The maximum absolute atomic E-state index is 13.3. The fourth-order valence-corrected chi connectivity index (χ4v) is 3.56. The van der Waals surface area contributed by atoms with Crippen molar-refractivity contribution in [3.05, 3.63) is 95.1 Å². The lowest BCUT2D eigenvalue weighted by atomic mass is 10.1. The number of nitrogens with zero attached hydrogens (tertiary/aromatic N) is 1. The van der Waals surface area contributed by atoms with Gasteiger partial charge >= 0.3 is 0 Å². The van der Waals surface area contributed by atoms with Crippen LogP contribution in [0.5, 0.6) is 0 Å². The van der Waals surface area contributed by atoms with E-state index in [1.807, 2.05) is 31.2 Å². The third kappa shape index (κ3) is 3.61. The normalized spacial score (nSPS) is 15.1. The minimum absolute atomic E-state index is 0.0521. The van der Waals surface area contributed by atoms with Gasteiger partial charge in [-0.2, -0.15) is 0 Å². The van der Waals surface area contributed by atoms with E-state index in [0.717, 1.165) is 29.8 Å². The minimum Gasteiger partial charge on any atom is -0.322 e. The van der Waals surface area contributed by atoms with E-state index in [2.05, 4.69) is 5.32 Å². The number of para-hydroxylation sites is 1. The molecule has 6 heteroatoms. The summed E-state index contributed by atoms with van der Waals surface area (Å²) >= 11 is 0. The van der Waals surface area contributed by atoms with Gasteiger partial charge in [-0.1, -0.05) is 18.2 Å². The van der Waals surface area contributed by atoms with Crippen LogP contribution in [0.15, 0.2) is 66.7 Å². The Morgan fingerprint density at radius 1 is 0.931 bits per heavy atom. The lowest BCUT2D eigenvalue weighted by Gasteiger charge is -2.23. The van der Waals surface area contributed by atoms with Crippen molar-refractivity contribution in [2.45, 2.75) is 19.4 Å². The molecule has 0 saturated carbocycles. The van der Waals surface area contributed by atoms with Crippen molar-refractivity contribution < 1.29 is 18.4 Å². The number of nitrogens with one attached hydrogen (secondary N) is 1. The van der Waals surface area contributed by atoms with Gasteiger partial charge in [0.15, 0.2) is 11.6 Å². The van der Waals surface area contributed by atoms with Crippen LogP contribution in [0, 0.1) is 11.6 Å². The van der Waals surface area contributed by atoms with Gasteiger partial charge in [-0.05, 0) is 61.4 Å². The Hall–Kier alpha value is -3.54. The summed E-state index contributed by atoms with van der Waals surface area (Å²) in [6, 6.07) is 17.3. The van der Waals surface area contributed by atoms with Gasteiger partial charge in [-0.15, -0.1) is 0 Å². The van der Waals surface area contributed by atoms with E-state index in [0.29, 0.717) is 11.1 Å². The topological polar surface area (TPSA) is 49.4 Å². The number of amides is 2. The van der Waals surface area contributed by atoms with Crippen molar-refractivity contribution in [1.29, 1.82) is 0 Å². The first-order chi connectivity index (χ1) is 13.9. The second-order valence-corrected chi connectivity index (χ2v) is 7.02. The van der Waals surface area contributed by atoms with E-state index in [1.54, 1.807) is 17.0 Å². The Bertz CT molecular complexity index is 1100. The first kappa shape index (κ1) is 18.8. The summed E-state index contributed by atoms with van der Waals surface area (Å²) in [7, 11) is 0. The largest absolute Gasteiger partial charge is 0.322 e. The molecule has 0 fully saturated rings. The Morgan fingerprint density at radius 2 is 1.62 bits per heavy atom. The number of fused-ring (bicyclic) bond motifs is 1. The van der Waals surface area contributed by atoms with Gasteiger partial charge in [0.2, 0.25) is 0 Å². The number of halogens is 2. The van der Waals surface area contributed by atoms with Gasteiger partial charge in [-0.3, -0.25) is 9.59 Å². The van der Waals surface area contributed by atoms with E-state index < -0.39 is 17.5 Å². The molecule has 0 saturated heterocycles. The van der Waals surface area contributed by atoms with Crippen LogP contribution < -0.4 is 10.2 Å². The van der Waals surface area contributed by atoms with Crippen molar-refractivity contribution in [2.24, 2.45) is 0 Å². The minimum atomic E-state index is -1.04. The monoisotopic (exact) mass is 392 g/mol. The highest BCUT2D eigenvalue weighted by atomic mass is 19.2. The Balaban J connectivity index is 1.51. The molecule has 0 spiro atoms. The molecule has 0 aliphatic carbocycles. The summed E-state index contributed by atoms with van der Waals surface area (Å²) in [5.74, 6) is -2.63. The Morgan fingerprint density at radius 3 is 2.34 bits per heavy atom. The molecule has 1 N–H and O–H groups in total. The molecular weight excluding hydrogens is 374 g/mol. The van der Waals surface area contributed by atoms with Gasteiger partial charge in [-0.25, -0.2) is 8.78 Å². The van der Waals surface area contributed by atoms with Crippen molar-refractivity contribution in [2.75, 3.05) is 10.2 Å². The molecule has 0 aromatic heterocycles. The fourth-order valence-electron chi connectivity index (χ4n) is 3.56. The molecule has 29 heavy (non-hydrogen) atoms. The highest BCUT2D eigenvalue weighted by molar-refractivity contribution is 6.09. The predicted molar refractivity (Wildman–Crippen MR) is 107 cm³/mol. The highest BCUT2D eigenvalue weighted by Crippen LogP contribution is 2.33. The molecule has 1 atom stereocenters. The molecule has 2 amide bonds. The smallest absolute Gasteiger partial charge is 0.258 e. The van der Waals surface area contributed by atoms with Crippen molar-refractivity contribution in [3.8, 4) is 0 Å². The van der Waals surface area contributed by atoms with Crippen LogP contribution in [-0.4, -0.2) is 17.9 Å². The standard InChI is InChI=1S/C23H18F2N2O2/c1-14-12-17-4-2-3-5-21(17)27(14)23(29)16-8-6-15(7-9-16)22(28)26-18-10-11-19(24)20(25)13-18/h2-11,13-14H,12H2,1H3,(H,26,28). The maximum Gasteiger partial charge on any atom is 0.258 e. The summed E-state index contributed by atoms with van der Waals surface area (Å²) in [5, 5.41) is 2.51. The van der Waals surface area contributed by atoms with E-state index >= 15 is 0 Å². The van der Waals surface area contributed by atoms with E-state index in [1.165, 1.54) is 18.2 Å². The molecule has 1 unspecified atom stereocenters. The first-order valence-corrected chi connectivity index (χ1v) is 9.22. The van der Waals surface area contributed by atoms with Crippen molar-refractivity contribution in [3.63, 3.8) is 0 Å². The first-order valence-electron chi connectivity index (χ1n) is 9.22. The average Bonchev–Trinajstić information content (AvgIpc) is 3.06. The number of hydrogen-bond acceptors (Lipinski definition) is 2. The van der Waals surface area contributed by atoms with Crippen LogP contribution in [-0.2, 0) is 6.42 Å². The molecule has 146 valence electrons. The summed E-state index contributed by atoms with van der Waals surface area (Å²) in [4.78, 5) is 27.1. The van der Waals surface area contributed by atoms with Gasteiger partial charge in [0.25, 0.3) is 11.8 Å². The second-order valence-electron chi connectivity index (χ2n) is 7.02. The fraction of sp³-hybridized carbons (Fsp3) is 0.130. The molecule has 0 bridgehead atoms. The molecule has 4 rings (SSSR count). The van der Waals surface area contributed by atoms with Gasteiger partial charge in [0.05, 0.1) is 0 Å². The summed E-state index contributed by atoms with van der Waals surface area (Å²) < 4.78 is 26.3. The van der Waals surface area contributed by atoms with Gasteiger partial charge in [0.1, 0.15) is 0 Å². The van der Waals surface area contributed by atoms with Gasteiger partial charge < -0.3 is 10.2 Å². The number of benzene rings is 3. The zero-order chi connectivity index (χ0) is 20.5. The zero-order valence-corrected chi connectivity index (χ0v) is 15.7. The van der Waals surface area contributed by atoms with Gasteiger partial charge in [0, 0.05) is 34.6 Å². The molecule has 4 nitrogen and oxygen atoms in total. The van der Waals surface area contributed by atoms with Crippen molar-refractivity contribution >= 4 is 23.2 Å².